The molecular weight excluding hydrogens is 514 g/mol. The van der Waals surface area contributed by atoms with Crippen molar-refractivity contribution in [3.63, 3.8) is 0 Å². The molecule has 4 aromatic rings. The zero-order valence-electron chi connectivity index (χ0n) is 18.4. The summed E-state index contributed by atoms with van der Waals surface area (Å²) in [7, 11) is 0. The van der Waals surface area contributed by atoms with Gasteiger partial charge in [0, 0.05) is 52.8 Å². The number of nitrogens with one attached hydrogen (secondary N) is 1. The number of benzene rings is 3. The average molecular weight is 537 g/mol. The molecule has 5 rings (SSSR count). The molecule has 1 atom stereocenters. The number of hydrogen-bond acceptors (Lipinski definition) is 3. The van der Waals surface area contributed by atoms with Gasteiger partial charge in [-0.2, -0.15) is 0 Å². The number of nitrogens with zero attached hydrogens (tertiary/aromatic N) is 2. The summed E-state index contributed by atoms with van der Waals surface area (Å²) in [6.07, 6.45) is 1.62. The third-order valence-corrected chi connectivity index (χ3v) is 7.10. The molecule has 2 heterocycles. The molecule has 1 fully saturated rings. The molecule has 7 heteroatoms. The molecular formula is C27H23BrClN3O2. The van der Waals surface area contributed by atoms with Crippen LogP contribution in [-0.2, 0) is 4.79 Å². The Morgan fingerprint density at radius 2 is 1.56 bits per heavy atom. The Morgan fingerprint density at radius 1 is 0.882 bits per heavy atom. The van der Waals surface area contributed by atoms with Gasteiger partial charge in [-0.15, -0.1) is 0 Å². The number of hydrogen-bond donors (Lipinski definition) is 1. The number of amides is 1. The maximum absolute atomic E-state index is 13.1. The first-order valence-corrected chi connectivity index (χ1v) is 12.3. The molecule has 1 unspecified atom stereocenters. The number of ketones is 1. The van der Waals surface area contributed by atoms with Crippen LogP contribution in [0.4, 0.5) is 0 Å². The van der Waals surface area contributed by atoms with Crippen LogP contribution in [0.1, 0.15) is 27.5 Å². The van der Waals surface area contributed by atoms with Gasteiger partial charge in [-0.3, -0.25) is 14.5 Å². The maximum atomic E-state index is 13.1. The minimum Gasteiger partial charge on any atom is -0.360 e. The fourth-order valence-electron chi connectivity index (χ4n) is 4.62. The lowest BCUT2D eigenvalue weighted by molar-refractivity contribution is -0.128. The number of piperazine rings is 1. The first kappa shape index (κ1) is 22.8. The number of Topliss-reactive ketones (excluding diaryl/α,β-unsaturated/α-hetero) is 1. The Labute approximate surface area is 211 Å². The molecule has 1 aliphatic heterocycles. The summed E-state index contributed by atoms with van der Waals surface area (Å²) in [5.74, 6) is -0.932. The van der Waals surface area contributed by atoms with Crippen molar-refractivity contribution in [2.45, 2.75) is 6.04 Å². The number of H-pyrrole nitrogens is 1. The molecule has 1 saturated heterocycles. The van der Waals surface area contributed by atoms with Gasteiger partial charge >= 0.3 is 0 Å². The second-order valence-electron chi connectivity index (χ2n) is 8.41. The van der Waals surface area contributed by atoms with Crippen LogP contribution >= 0.6 is 27.5 Å². The van der Waals surface area contributed by atoms with Crippen LogP contribution < -0.4 is 0 Å². The van der Waals surface area contributed by atoms with Gasteiger partial charge in [0.1, 0.15) is 0 Å². The van der Waals surface area contributed by atoms with Gasteiger partial charge in [-0.1, -0.05) is 70.0 Å². The quantitative estimate of drug-likeness (QED) is 0.263. The topological polar surface area (TPSA) is 56.4 Å². The number of carbonyl (C=O) groups excluding carboxylic acids is 2. The van der Waals surface area contributed by atoms with E-state index in [0.29, 0.717) is 36.8 Å². The summed E-state index contributed by atoms with van der Waals surface area (Å²) in [4.78, 5) is 33.3. The van der Waals surface area contributed by atoms with Crippen LogP contribution in [0.5, 0.6) is 0 Å². The number of carbonyl (C=O) groups is 2. The van der Waals surface area contributed by atoms with Crippen LogP contribution in [0.2, 0.25) is 5.02 Å². The van der Waals surface area contributed by atoms with Gasteiger partial charge in [0.25, 0.3) is 11.7 Å². The van der Waals surface area contributed by atoms with Gasteiger partial charge in [-0.05, 0) is 41.5 Å². The molecule has 0 aliphatic carbocycles. The second-order valence-corrected chi connectivity index (χ2v) is 9.77. The van der Waals surface area contributed by atoms with Crippen molar-refractivity contribution in [1.29, 1.82) is 0 Å². The van der Waals surface area contributed by atoms with Gasteiger partial charge in [0.2, 0.25) is 0 Å². The van der Waals surface area contributed by atoms with E-state index in [1.807, 2.05) is 48.5 Å². The fraction of sp³-hybridized carbons (Fsp3) is 0.185. The van der Waals surface area contributed by atoms with Crippen molar-refractivity contribution in [2.24, 2.45) is 0 Å². The summed E-state index contributed by atoms with van der Waals surface area (Å²) in [6.45, 7) is 2.32. The van der Waals surface area contributed by atoms with E-state index in [1.54, 1.807) is 11.1 Å². The number of halogens is 2. The second kappa shape index (κ2) is 9.74. The van der Waals surface area contributed by atoms with Crippen LogP contribution in [0.3, 0.4) is 0 Å². The first-order chi connectivity index (χ1) is 16.5. The third-order valence-electron chi connectivity index (χ3n) is 6.35. The van der Waals surface area contributed by atoms with Crippen molar-refractivity contribution in [1.82, 2.24) is 14.8 Å². The summed E-state index contributed by atoms with van der Waals surface area (Å²) in [6, 6.07) is 23.9. The van der Waals surface area contributed by atoms with Gasteiger partial charge in [-0.25, -0.2) is 0 Å². The van der Waals surface area contributed by atoms with E-state index in [0.717, 1.165) is 20.9 Å². The monoisotopic (exact) mass is 535 g/mol. The molecule has 1 aromatic heterocycles. The molecule has 3 aromatic carbocycles. The van der Waals surface area contributed by atoms with Crippen molar-refractivity contribution < 1.29 is 9.59 Å². The molecule has 1 amide bonds. The van der Waals surface area contributed by atoms with Crippen molar-refractivity contribution in [3.05, 3.63) is 105 Å². The zero-order chi connectivity index (χ0) is 23.7. The maximum Gasteiger partial charge on any atom is 0.295 e. The first-order valence-electron chi connectivity index (χ1n) is 11.2. The third kappa shape index (κ3) is 4.53. The normalized spacial score (nSPS) is 15.4. The lowest BCUT2D eigenvalue weighted by atomic mass is 9.96. The SMILES string of the molecule is O=C(C(=O)N1CCN(C(c2ccccc2)c2ccc(Cl)cc2)CC1)c1c[nH]c2ccc(Br)cc12. The van der Waals surface area contributed by atoms with Gasteiger partial charge < -0.3 is 9.88 Å². The van der Waals surface area contributed by atoms with E-state index in [1.165, 1.54) is 5.56 Å². The lowest BCUT2D eigenvalue weighted by Gasteiger charge is -2.39. The van der Waals surface area contributed by atoms with E-state index in [9.17, 15) is 9.59 Å². The number of fused-ring (bicyclic) bond motifs is 1. The summed E-state index contributed by atoms with van der Waals surface area (Å²) in [5.41, 5.74) is 3.57. The van der Waals surface area contributed by atoms with Crippen molar-refractivity contribution in [3.8, 4) is 0 Å². The molecule has 34 heavy (non-hydrogen) atoms. The Bertz CT molecular complexity index is 1330. The highest BCUT2D eigenvalue weighted by atomic mass is 79.9. The molecule has 0 saturated carbocycles. The molecule has 1 N–H and O–H groups in total. The van der Waals surface area contributed by atoms with E-state index in [2.05, 4.69) is 50.1 Å². The highest BCUT2D eigenvalue weighted by Gasteiger charge is 2.31. The van der Waals surface area contributed by atoms with Gasteiger partial charge in [0.15, 0.2) is 0 Å². The van der Waals surface area contributed by atoms with E-state index in [-0.39, 0.29) is 6.04 Å². The summed E-state index contributed by atoms with van der Waals surface area (Å²) < 4.78 is 0.865. The van der Waals surface area contributed by atoms with Crippen molar-refractivity contribution >= 4 is 50.1 Å². The highest BCUT2D eigenvalue weighted by Crippen LogP contribution is 2.31. The minimum absolute atomic E-state index is 0.0531. The molecule has 0 spiro atoms. The number of aromatic nitrogens is 1. The lowest BCUT2D eigenvalue weighted by Crippen LogP contribution is -2.51. The van der Waals surface area contributed by atoms with E-state index >= 15 is 0 Å². The molecule has 172 valence electrons. The fourth-order valence-corrected chi connectivity index (χ4v) is 5.10. The van der Waals surface area contributed by atoms with Gasteiger partial charge in [0.05, 0.1) is 11.6 Å². The molecule has 5 nitrogen and oxygen atoms in total. The predicted molar refractivity (Wildman–Crippen MR) is 138 cm³/mol. The Morgan fingerprint density at radius 3 is 2.26 bits per heavy atom. The van der Waals surface area contributed by atoms with E-state index in [4.69, 9.17) is 11.6 Å². The largest absolute Gasteiger partial charge is 0.360 e. The molecule has 0 bridgehead atoms. The minimum atomic E-state index is -0.477. The smallest absolute Gasteiger partial charge is 0.295 e. The average Bonchev–Trinajstić information content (AvgIpc) is 3.28. The predicted octanol–water partition coefficient (Wildman–Crippen LogP) is 5.70. The molecule has 0 radical (unpaired) electrons. The Hall–Kier alpha value is -2.93. The number of aromatic amines is 1. The summed E-state index contributed by atoms with van der Waals surface area (Å²) >= 11 is 9.57. The van der Waals surface area contributed by atoms with E-state index < -0.39 is 11.7 Å². The van der Waals surface area contributed by atoms with Crippen molar-refractivity contribution in [2.75, 3.05) is 26.2 Å². The highest BCUT2D eigenvalue weighted by molar-refractivity contribution is 9.10. The zero-order valence-corrected chi connectivity index (χ0v) is 20.7. The van der Waals surface area contributed by atoms with Crippen LogP contribution in [-0.4, -0.2) is 52.7 Å². The summed E-state index contributed by atoms with van der Waals surface area (Å²) in [5, 5.41) is 1.45. The van der Waals surface area contributed by atoms with Crippen LogP contribution in [0.25, 0.3) is 10.9 Å². The standard InChI is InChI=1S/C27H23BrClN3O2/c28-20-8-11-24-22(16-20)23(17-30-24)26(33)27(34)32-14-12-31(13-15-32)25(18-4-2-1-3-5-18)19-6-9-21(29)10-7-19/h1-11,16-17,25,30H,12-15H2. The van der Waals surface area contributed by atoms with Crippen LogP contribution in [0, 0.1) is 0 Å². The Kier molecular flexibility index (Phi) is 6.55. The number of rotatable bonds is 5. The Balaban J connectivity index is 1.33. The molecule has 1 aliphatic rings. The van der Waals surface area contributed by atoms with Crippen LogP contribution in [0.15, 0.2) is 83.5 Å².